The predicted octanol–water partition coefficient (Wildman–Crippen LogP) is 1.10. The van der Waals surface area contributed by atoms with Crippen LogP contribution in [0.15, 0.2) is 0 Å². The zero-order valence-electron chi connectivity index (χ0n) is 9.72. The number of aliphatic hydroxyl groups is 1. The van der Waals surface area contributed by atoms with Crippen LogP contribution in [0, 0.1) is 5.92 Å². The van der Waals surface area contributed by atoms with E-state index in [1.54, 1.807) is 0 Å². The van der Waals surface area contributed by atoms with Crippen LogP contribution < -0.4 is 10.6 Å². The van der Waals surface area contributed by atoms with Crippen LogP contribution in [0.3, 0.4) is 0 Å². The van der Waals surface area contributed by atoms with Crippen LogP contribution in [0.1, 0.15) is 34.6 Å². The van der Waals surface area contributed by atoms with Gasteiger partial charge in [-0.1, -0.05) is 6.92 Å². The van der Waals surface area contributed by atoms with Crippen LogP contribution in [0.4, 0.5) is 4.79 Å². The molecule has 2 unspecified atom stereocenters. The molecule has 0 aromatic heterocycles. The summed E-state index contributed by atoms with van der Waals surface area (Å²) in [5, 5.41) is 14.5. The molecule has 0 bridgehead atoms. The Kier molecular flexibility index (Phi) is 4.91. The maximum atomic E-state index is 11.4. The standard InChI is InChI=1S/C10H22N2O2/c1-7(6-13)8(2)11-9(14)12-10(3,4)5/h7-8,13H,6H2,1-5H3,(H2,11,12,14). The average molecular weight is 202 g/mol. The van der Waals surface area contributed by atoms with Gasteiger partial charge in [0.15, 0.2) is 0 Å². The van der Waals surface area contributed by atoms with E-state index in [4.69, 9.17) is 5.11 Å². The number of amides is 2. The molecule has 0 aliphatic carbocycles. The molecular formula is C10H22N2O2. The molecule has 0 aromatic carbocycles. The van der Waals surface area contributed by atoms with Crippen LogP contribution in [0.2, 0.25) is 0 Å². The SMILES string of the molecule is CC(CO)C(C)NC(=O)NC(C)(C)C. The summed E-state index contributed by atoms with van der Waals surface area (Å²) in [4.78, 5) is 11.4. The number of carbonyl (C=O) groups excluding carboxylic acids is 1. The van der Waals surface area contributed by atoms with E-state index < -0.39 is 0 Å². The Morgan fingerprint density at radius 3 is 2.21 bits per heavy atom. The van der Waals surface area contributed by atoms with Gasteiger partial charge in [0.25, 0.3) is 0 Å². The minimum absolute atomic E-state index is 0.0256. The fraction of sp³-hybridized carbons (Fsp3) is 0.900. The molecule has 84 valence electrons. The van der Waals surface area contributed by atoms with Gasteiger partial charge in [0.05, 0.1) is 0 Å². The van der Waals surface area contributed by atoms with Gasteiger partial charge in [-0.05, 0) is 33.6 Å². The van der Waals surface area contributed by atoms with Crippen molar-refractivity contribution in [1.29, 1.82) is 0 Å². The largest absolute Gasteiger partial charge is 0.396 e. The van der Waals surface area contributed by atoms with Crippen molar-refractivity contribution >= 4 is 6.03 Å². The molecule has 4 nitrogen and oxygen atoms in total. The third-order valence-electron chi connectivity index (χ3n) is 1.99. The van der Waals surface area contributed by atoms with Crippen LogP contribution in [-0.2, 0) is 0 Å². The summed E-state index contributed by atoms with van der Waals surface area (Å²) in [5.41, 5.74) is -0.230. The van der Waals surface area contributed by atoms with Gasteiger partial charge in [-0.3, -0.25) is 0 Å². The maximum Gasteiger partial charge on any atom is 0.315 e. The zero-order chi connectivity index (χ0) is 11.4. The fourth-order valence-corrected chi connectivity index (χ4v) is 0.884. The Morgan fingerprint density at radius 1 is 1.36 bits per heavy atom. The normalized spacial score (nSPS) is 15.9. The van der Waals surface area contributed by atoms with Crippen molar-refractivity contribution in [3.63, 3.8) is 0 Å². The van der Waals surface area contributed by atoms with E-state index in [1.165, 1.54) is 0 Å². The van der Waals surface area contributed by atoms with Crippen molar-refractivity contribution in [2.45, 2.75) is 46.2 Å². The van der Waals surface area contributed by atoms with E-state index in [9.17, 15) is 4.79 Å². The molecule has 0 spiro atoms. The van der Waals surface area contributed by atoms with Gasteiger partial charge in [-0.2, -0.15) is 0 Å². The van der Waals surface area contributed by atoms with Crippen molar-refractivity contribution in [3.05, 3.63) is 0 Å². The Bertz CT molecular complexity index is 187. The van der Waals surface area contributed by atoms with Gasteiger partial charge in [-0.15, -0.1) is 0 Å². The van der Waals surface area contributed by atoms with E-state index in [1.807, 2.05) is 34.6 Å². The Balaban J connectivity index is 3.95. The summed E-state index contributed by atoms with van der Waals surface area (Å²) in [5.74, 6) is 0.0701. The molecule has 0 radical (unpaired) electrons. The number of nitrogens with one attached hydrogen (secondary N) is 2. The summed E-state index contributed by atoms with van der Waals surface area (Å²) >= 11 is 0. The Morgan fingerprint density at radius 2 is 1.86 bits per heavy atom. The third kappa shape index (κ3) is 5.80. The maximum absolute atomic E-state index is 11.4. The van der Waals surface area contributed by atoms with Gasteiger partial charge in [0.2, 0.25) is 0 Å². The second kappa shape index (κ2) is 5.20. The first-order valence-corrected chi connectivity index (χ1v) is 4.96. The van der Waals surface area contributed by atoms with Gasteiger partial charge >= 0.3 is 6.03 Å². The highest BCUT2D eigenvalue weighted by Gasteiger charge is 2.17. The average Bonchev–Trinajstić information content (AvgIpc) is 1.99. The van der Waals surface area contributed by atoms with Crippen molar-refractivity contribution in [3.8, 4) is 0 Å². The molecule has 0 aromatic rings. The van der Waals surface area contributed by atoms with Gasteiger partial charge in [0, 0.05) is 18.2 Å². The number of rotatable bonds is 3. The molecule has 0 aliphatic rings. The number of aliphatic hydroxyl groups excluding tert-OH is 1. The second-order valence-corrected chi connectivity index (χ2v) is 4.80. The van der Waals surface area contributed by atoms with Gasteiger partial charge in [-0.25, -0.2) is 4.79 Å². The molecule has 0 aliphatic heterocycles. The van der Waals surface area contributed by atoms with Crippen LogP contribution in [-0.4, -0.2) is 29.3 Å². The van der Waals surface area contributed by atoms with Crippen molar-refractivity contribution in [2.75, 3.05) is 6.61 Å². The smallest absolute Gasteiger partial charge is 0.315 e. The van der Waals surface area contributed by atoms with E-state index in [0.717, 1.165) is 0 Å². The molecular weight excluding hydrogens is 180 g/mol. The van der Waals surface area contributed by atoms with Crippen LogP contribution in [0.5, 0.6) is 0 Å². The number of carbonyl (C=O) groups is 1. The summed E-state index contributed by atoms with van der Waals surface area (Å²) < 4.78 is 0. The van der Waals surface area contributed by atoms with Crippen molar-refractivity contribution < 1.29 is 9.90 Å². The fourth-order valence-electron chi connectivity index (χ4n) is 0.884. The highest BCUT2D eigenvalue weighted by atomic mass is 16.3. The number of hydrogen-bond acceptors (Lipinski definition) is 2. The van der Waals surface area contributed by atoms with Crippen LogP contribution in [0.25, 0.3) is 0 Å². The summed E-state index contributed by atoms with van der Waals surface area (Å²) in [6.07, 6.45) is 0. The van der Waals surface area contributed by atoms with E-state index in [0.29, 0.717) is 0 Å². The summed E-state index contributed by atoms with van der Waals surface area (Å²) in [6, 6.07) is -0.215. The lowest BCUT2D eigenvalue weighted by Gasteiger charge is -2.24. The number of urea groups is 1. The third-order valence-corrected chi connectivity index (χ3v) is 1.99. The van der Waals surface area contributed by atoms with E-state index in [2.05, 4.69) is 10.6 Å². The predicted molar refractivity (Wildman–Crippen MR) is 57.1 cm³/mol. The van der Waals surface area contributed by atoms with E-state index >= 15 is 0 Å². The van der Waals surface area contributed by atoms with Gasteiger partial charge in [0.1, 0.15) is 0 Å². The Labute approximate surface area is 86.1 Å². The molecule has 0 saturated heterocycles. The molecule has 4 heteroatoms. The number of hydrogen-bond donors (Lipinski definition) is 3. The van der Waals surface area contributed by atoms with Crippen molar-refractivity contribution in [2.24, 2.45) is 5.92 Å². The van der Waals surface area contributed by atoms with Crippen molar-refractivity contribution in [1.82, 2.24) is 10.6 Å². The first kappa shape index (κ1) is 13.2. The topological polar surface area (TPSA) is 61.4 Å². The molecule has 2 atom stereocenters. The lowest BCUT2D eigenvalue weighted by Crippen LogP contribution is -2.50. The molecule has 0 saturated carbocycles. The molecule has 0 rings (SSSR count). The van der Waals surface area contributed by atoms with Gasteiger partial charge < -0.3 is 15.7 Å². The highest BCUT2D eigenvalue weighted by molar-refractivity contribution is 5.74. The first-order chi connectivity index (χ1) is 6.26. The molecule has 14 heavy (non-hydrogen) atoms. The lowest BCUT2D eigenvalue weighted by atomic mass is 10.1. The quantitative estimate of drug-likeness (QED) is 0.642. The molecule has 0 heterocycles. The molecule has 2 amide bonds. The lowest BCUT2D eigenvalue weighted by molar-refractivity contribution is 0.197. The molecule has 0 fully saturated rings. The summed E-state index contributed by atoms with van der Waals surface area (Å²) in [6.45, 7) is 9.62. The zero-order valence-corrected chi connectivity index (χ0v) is 9.72. The molecule has 3 N–H and O–H groups in total. The second-order valence-electron chi connectivity index (χ2n) is 4.80. The highest BCUT2D eigenvalue weighted by Crippen LogP contribution is 2.02. The Hall–Kier alpha value is -0.770. The van der Waals surface area contributed by atoms with Crippen LogP contribution >= 0.6 is 0 Å². The van der Waals surface area contributed by atoms with E-state index in [-0.39, 0.29) is 30.1 Å². The first-order valence-electron chi connectivity index (χ1n) is 4.96. The minimum Gasteiger partial charge on any atom is -0.396 e. The summed E-state index contributed by atoms with van der Waals surface area (Å²) in [7, 11) is 0. The monoisotopic (exact) mass is 202 g/mol. The minimum atomic E-state index is -0.230.